The number of hydrogen-bond acceptors (Lipinski definition) is 3. The van der Waals surface area contributed by atoms with Crippen LogP contribution in [0.25, 0.3) is 0 Å². The molecule has 1 saturated heterocycles. The molecule has 2 atom stereocenters. The lowest BCUT2D eigenvalue weighted by atomic mass is 10.00. The van der Waals surface area contributed by atoms with Gasteiger partial charge in [0.15, 0.2) is 0 Å². The SMILES string of the molecule is CCOC1CCCN(C(CN)c2cc(Br)ccc2F)C1. The van der Waals surface area contributed by atoms with Crippen LogP contribution in [-0.2, 0) is 4.74 Å². The van der Waals surface area contributed by atoms with Crippen LogP contribution in [-0.4, -0.2) is 37.2 Å². The highest BCUT2D eigenvalue weighted by atomic mass is 79.9. The Hall–Kier alpha value is -0.490. The van der Waals surface area contributed by atoms with Gasteiger partial charge in [-0.1, -0.05) is 15.9 Å². The van der Waals surface area contributed by atoms with Gasteiger partial charge in [-0.25, -0.2) is 4.39 Å². The summed E-state index contributed by atoms with van der Waals surface area (Å²) in [5.74, 6) is -0.192. The molecule has 1 aromatic rings. The van der Waals surface area contributed by atoms with Gasteiger partial charge >= 0.3 is 0 Å². The van der Waals surface area contributed by atoms with Gasteiger partial charge in [0, 0.05) is 29.7 Å². The molecule has 1 aliphatic rings. The van der Waals surface area contributed by atoms with Crippen molar-refractivity contribution in [3.8, 4) is 0 Å². The van der Waals surface area contributed by atoms with Crippen LogP contribution in [0, 0.1) is 5.82 Å². The Morgan fingerprint density at radius 3 is 3.05 bits per heavy atom. The Balaban J connectivity index is 2.16. The van der Waals surface area contributed by atoms with Gasteiger partial charge in [0.25, 0.3) is 0 Å². The summed E-state index contributed by atoms with van der Waals surface area (Å²) in [5.41, 5.74) is 6.58. The van der Waals surface area contributed by atoms with Gasteiger partial charge in [0.2, 0.25) is 0 Å². The van der Waals surface area contributed by atoms with Crippen molar-refractivity contribution in [1.29, 1.82) is 0 Å². The molecule has 0 bridgehead atoms. The summed E-state index contributed by atoms with van der Waals surface area (Å²) in [5, 5.41) is 0. The van der Waals surface area contributed by atoms with Crippen molar-refractivity contribution in [1.82, 2.24) is 4.90 Å². The predicted molar refractivity (Wildman–Crippen MR) is 82.1 cm³/mol. The van der Waals surface area contributed by atoms with Crippen LogP contribution in [0.4, 0.5) is 4.39 Å². The quantitative estimate of drug-likeness (QED) is 0.891. The summed E-state index contributed by atoms with van der Waals surface area (Å²) in [4.78, 5) is 2.24. The average Bonchev–Trinajstić information content (AvgIpc) is 2.44. The van der Waals surface area contributed by atoms with E-state index in [1.54, 1.807) is 6.07 Å². The van der Waals surface area contributed by atoms with Gasteiger partial charge in [-0.15, -0.1) is 0 Å². The molecule has 0 radical (unpaired) electrons. The first-order chi connectivity index (χ1) is 9.65. The first-order valence-corrected chi connectivity index (χ1v) is 7.95. The number of rotatable bonds is 5. The van der Waals surface area contributed by atoms with Gasteiger partial charge in [0.1, 0.15) is 5.82 Å². The lowest BCUT2D eigenvalue weighted by molar-refractivity contribution is -0.00702. The molecule has 1 fully saturated rings. The molecular weight excluding hydrogens is 323 g/mol. The average molecular weight is 345 g/mol. The zero-order chi connectivity index (χ0) is 14.5. The third-order valence-corrected chi connectivity index (χ3v) is 4.29. The minimum atomic E-state index is -0.192. The molecular formula is C15H22BrFN2O. The van der Waals surface area contributed by atoms with E-state index >= 15 is 0 Å². The van der Waals surface area contributed by atoms with E-state index in [1.165, 1.54) is 6.07 Å². The fraction of sp³-hybridized carbons (Fsp3) is 0.600. The van der Waals surface area contributed by atoms with Crippen molar-refractivity contribution in [2.24, 2.45) is 5.73 Å². The molecule has 20 heavy (non-hydrogen) atoms. The normalized spacial score (nSPS) is 21.9. The van der Waals surface area contributed by atoms with Crippen LogP contribution in [0.2, 0.25) is 0 Å². The summed E-state index contributed by atoms with van der Waals surface area (Å²) in [6.45, 7) is 4.90. The van der Waals surface area contributed by atoms with Crippen LogP contribution in [0.3, 0.4) is 0 Å². The number of nitrogens with two attached hydrogens (primary N) is 1. The van der Waals surface area contributed by atoms with Gasteiger partial charge in [-0.3, -0.25) is 4.90 Å². The van der Waals surface area contributed by atoms with Crippen molar-refractivity contribution >= 4 is 15.9 Å². The van der Waals surface area contributed by atoms with Crippen molar-refractivity contribution in [3.05, 3.63) is 34.1 Å². The van der Waals surface area contributed by atoms with E-state index in [2.05, 4.69) is 20.8 Å². The molecule has 0 saturated carbocycles. The van der Waals surface area contributed by atoms with E-state index in [0.717, 1.165) is 37.0 Å². The molecule has 0 spiro atoms. The largest absolute Gasteiger partial charge is 0.377 e. The fourth-order valence-corrected chi connectivity index (χ4v) is 3.24. The minimum absolute atomic E-state index is 0.0873. The second-order valence-corrected chi connectivity index (χ2v) is 6.05. The molecule has 1 aromatic carbocycles. The summed E-state index contributed by atoms with van der Waals surface area (Å²) in [6.07, 6.45) is 2.37. The number of likely N-dealkylation sites (tertiary alicyclic amines) is 1. The molecule has 0 aliphatic carbocycles. The highest BCUT2D eigenvalue weighted by Gasteiger charge is 2.28. The maximum absolute atomic E-state index is 14.1. The standard InChI is InChI=1S/C15H22BrFN2O/c1-2-20-12-4-3-7-19(10-12)15(9-18)13-8-11(16)5-6-14(13)17/h5-6,8,12,15H,2-4,7,9-10,18H2,1H3. The van der Waals surface area contributed by atoms with E-state index in [0.29, 0.717) is 12.1 Å². The summed E-state index contributed by atoms with van der Waals surface area (Å²) in [6, 6.07) is 4.95. The third kappa shape index (κ3) is 3.79. The molecule has 1 aliphatic heterocycles. The highest BCUT2D eigenvalue weighted by Crippen LogP contribution is 2.28. The smallest absolute Gasteiger partial charge is 0.128 e. The number of benzene rings is 1. The van der Waals surface area contributed by atoms with Gasteiger partial charge in [0.05, 0.1) is 12.1 Å². The van der Waals surface area contributed by atoms with Crippen molar-refractivity contribution in [3.63, 3.8) is 0 Å². The number of piperidine rings is 1. The van der Waals surface area contributed by atoms with Crippen LogP contribution in [0.1, 0.15) is 31.4 Å². The van der Waals surface area contributed by atoms with Crippen molar-refractivity contribution in [2.45, 2.75) is 31.9 Å². The lowest BCUT2D eigenvalue weighted by Gasteiger charge is -2.38. The maximum atomic E-state index is 14.1. The first kappa shape index (κ1) is 15.9. The summed E-state index contributed by atoms with van der Waals surface area (Å²) < 4.78 is 20.7. The highest BCUT2D eigenvalue weighted by molar-refractivity contribution is 9.10. The Bertz CT molecular complexity index is 442. The molecule has 1 heterocycles. The minimum Gasteiger partial charge on any atom is -0.377 e. The summed E-state index contributed by atoms with van der Waals surface area (Å²) in [7, 11) is 0. The molecule has 0 amide bonds. The van der Waals surface area contributed by atoms with Crippen molar-refractivity contribution < 1.29 is 9.13 Å². The van der Waals surface area contributed by atoms with Gasteiger partial charge < -0.3 is 10.5 Å². The number of nitrogens with zero attached hydrogens (tertiary/aromatic N) is 1. The molecule has 2 N–H and O–H groups in total. The maximum Gasteiger partial charge on any atom is 0.128 e. The first-order valence-electron chi connectivity index (χ1n) is 7.16. The van der Waals surface area contributed by atoms with E-state index in [4.69, 9.17) is 10.5 Å². The molecule has 3 nitrogen and oxygen atoms in total. The summed E-state index contributed by atoms with van der Waals surface area (Å²) >= 11 is 3.40. The Kier molecular flexibility index (Phi) is 5.96. The van der Waals surface area contributed by atoms with E-state index in [-0.39, 0.29) is 18.0 Å². The molecule has 2 unspecified atom stereocenters. The van der Waals surface area contributed by atoms with Gasteiger partial charge in [-0.05, 0) is 44.5 Å². The number of hydrogen-bond donors (Lipinski definition) is 1. The Morgan fingerprint density at radius 2 is 2.35 bits per heavy atom. The molecule has 0 aromatic heterocycles. The molecule has 5 heteroatoms. The van der Waals surface area contributed by atoms with Crippen molar-refractivity contribution in [2.75, 3.05) is 26.2 Å². The Labute approximate surface area is 128 Å². The van der Waals surface area contributed by atoms with Crippen LogP contribution >= 0.6 is 15.9 Å². The Morgan fingerprint density at radius 1 is 1.55 bits per heavy atom. The van der Waals surface area contributed by atoms with Gasteiger partial charge in [-0.2, -0.15) is 0 Å². The van der Waals surface area contributed by atoms with Crippen LogP contribution < -0.4 is 5.73 Å². The number of halogens is 2. The lowest BCUT2D eigenvalue weighted by Crippen LogP contribution is -2.44. The second-order valence-electron chi connectivity index (χ2n) is 5.13. The predicted octanol–water partition coefficient (Wildman–Crippen LogP) is 3.09. The fourth-order valence-electron chi connectivity index (χ4n) is 2.86. The third-order valence-electron chi connectivity index (χ3n) is 3.79. The van der Waals surface area contributed by atoms with E-state index in [9.17, 15) is 4.39 Å². The van der Waals surface area contributed by atoms with E-state index in [1.807, 2.05) is 13.0 Å². The van der Waals surface area contributed by atoms with Crippen LogP contribution in [0.15, 0.2) is 22.7 Å². The second kappa shape index (κ2) is 7.50. The van der Waals surface area contributed by atoms with E-state index < -0.39 is 0 Å². The number of ether oxygens (including phenoxy) is 1. The molecule has 2 rings (SSSR count). The molecule has 112 valence electrons. The zero-order valence-electron chi connectivity index (χ0n) is 11.8. The topological polar surface area (TPSA) is 38.5 Å². The van der Waals surface area contributed by atoms with Crippen LogP contribution in [0.5, 0.6) is 0 Å². The monoisotopic (exact) mass is 344 g/mol. The zero-order valence-corrected chi connectivity index (χ0v) is 13.4.